The summed E-state index contributed by atoms with van der Waals surface area (Å²) < 4.78 is 0. The van der Waals surface area contributed by atoms with Crippen LogP contribution in [0.1, 0.15) is 52.9 Å². The van der Waals surface area contributed by atoms with Gasteiger partial charge in [-0.1, -0.05) is 13.8 Å². The van der Waals surface area contributed by atoms with E-state index in [0.717, 1.165) is 42.3 Å². The minimum atomic E-state index is -0.595. The molecule has 1 unspecified atom stereocenters. The molecule has 5 heteroatoms. The van der Waals surface area contributed by atoms with Crippen LogP contribution in [-0.2, 0) is 0 Å². The minimum Gasteiger partial charge on any atom is -0.387 e. The average molecular weight is 328 g/mol. The van der Waals surface area contributed by atoms with Gasteiger partial charge >= 0.3 is 0 Å². The standard InChI is InChI=1S/C17H33N3OS/c1-4-18-16(19-11-17(21)9-10-22-12-17)20-15-7-5-14(6-8-15)13(2)3/h13-15,21H,4-12H2,1-3H3,(H2,18,19,20). The molecule has 1 saturated carbocycles. The number of guanidine groups is 1. The number of hydrogen-bond donors (Lipinski definition) is 3. The SMILES string of the molecule is CCNC(=NCC1(O)CCSC1)NC1CCC(C(C)C)CC1. The number of thioether (sulfide) groups is 1. The Balaban J connectivity index is 1.83. The van der Waals surface area contributed by atoms with Crippen molar-refractivity contribution in [3.05, 3.63) is 0 Å². The van der Waals surface area contributed by atoms with Crippen molar-refractivity contribution in [3.8, 4) is 0 Å². The van der Waals surface area contributed by atoms with Gasteiger partial charge in [0.25, 0.3) is 0 Å². The molecule has 2 aliphatic rings. The van der Waals surface area contributed by atoms with E-state index in [9.17, 15) is 5.11 Å². The molecule has 4 nitrogen and oxygen atoms in total. The third-order valence-electron chi connectivity index (χ3n) is 5.01. The molecule has 3 N–H and O–H groups in total. The molecule has 0 aromatic rings. The van der Waals surface area contributed by atoms with Gasteiger partial charge in [0.05, 0.1) is 12.1 Å². The fourth-order valence-electron chi connectivity index (χ4n) is 3.39. The Morgan fingerprint density at radius 1 is 1.32 bits per heavy atom. The Morgan fingerprint density at radius 2 is 2.05 bits per heavy atom. The van der Waals surface area contributed by atoms with Gasteiger partial charge in [-0.05, 0) is 56.6 Å². The highest BCUT2D eigenvalue weighted by Crippen LogP contribution is 2.30. The van der Waals surface area contributed by atoms with Crippen LogP contribution in [-0.4, -0.2) is 47.3 Å². The summed E-state index contributed by atoms with van der Waals surface area (Å²) in [6.45, 7) is 8.14. The van der Waals surface area contributed by atoms with E-state index in [1.807, 2.05) is 11.8 Å². The predicted molar refractivity (Wildman–Crippen MR) is 96.6 cm³/mol. The second-order valence-electron chi connectivity index (χ2n) is 7.22. The zero-order valence-corrected chi connectivity index (χ0v) is 15.2. The molecule has 1 aliphatic heterocycles. The summed E-state index contributed by atoms with van der Waals surface area (Å²) in [7, 11) is 0. The third-order valence-corrected chi connectivity index (χ3v) is 6.25. The van der Waals surface area contributed by atoms with E-state index in [0.29, 0.717) is 12.6 Å². The number of aliphatic hydroxyl groups is 1. The highest BCUT2D eigenvalue weighted by atomic mass is 32.2. The zero-order chi connectivity index (χ0) is 16.0. The molecule has 2 fully saturated rings. The Morgan fingerprint density at radius 3 is 2.59 bits per heavy atom. The van der Waals surface area contributed by atoms with Crippen molar-refractivity contribution in [3.63, 3.8) is 0 Å². The molecule has 22 heavy (non-hydrogen) atoms. The first-order chi connectivity index (χ1) is 10.5. The molecule has 0 radical (unpaired) electrons. The van der Waals surface area contributed by atoms with Crippen molar-refractivity contribution in [2.24, 2.45) is 16.8 Å². The number of hydrogen-bond acceptors (Lipinski definition) is 3. The zero-order valence-electron chi connectivity index (χ0n) is 14.4. The van der Waals surface area contributed by atoms with Gasteiger partial charge in [0, 0.05) is 18.3 Å². The van der Waals surface area contributed by atoms with E-state index in [2.05, 4.69) is 36.4 Å². The molecule has 0 spiro atoms. The second-order valence-corrected chi connectivity index (χ2v) is 8.33. The summed E-state index contributed by atoms with van der Waals surface area (Å²) in [6, 6.07) is 0.528. The summed E-state index contributed by atoms with van der Waals surface area (Å²) in [4.78, 5) is 4.65. The Bertz CT molecular complexity index is 359. The summed E-state index contributed by atoms with van der Waals surface area (Å²) >= 11 is 1.82. The molecule has 2 rings (SSSR count). The largest absolute Gasteiger partial charge is 0.387 e. The molecule has 0 aromatic heterocycles. The van der Waals surface area contributed by atoms with Gasteiger partial charge in [0.1, 0.15) is 0 Å². The molecular weight excluding hydrogens is 294 g/mol. The fraction of sp³-hybridized carbons (Fsp3) is 0.941. The van der Waals surface area contributed by atoms with Crippen molar-refractivity contribution in [2.75, 3.05) is 24.6 Å². The van der Waals surface area contributed by atoms with E-state index in [1.54, 1.807) is 0 Å². The maximum absolute atomic E-state index is 10.4. The summed E-state index contributed by atoms with van der Waals surface area (Å²) in [6.07, 6.45) is 5.95. The number of rotatable bonds is 5. The molecule has 1 saturated heterocycles. The first-order valence-corrected chi connectivity index (χ1v) is 10.0. The number of aliphatic imine (C=N–C) groups is 1. The minimum absolute atomic E-state index is 0.511. The van der Waals surface area contributed by atoms with Crippen molar-refractivity contribution < 1.29 is 5.11 Å². The van der Waals surface area contributed by atoms with Crippen LogP contribution in [0.15, 0.2) is 4.99 Å². The normalized spacial score (nSPS) is 33.2. The molecule has 0 bridgehead atoms. The van der Waals surface area contributed by atoms with Crippen LogP contribution in [0.4, 0.5) is 0 Å². The Hall–Kier alpha value is -0.420. The topological polar surface area (TPSA) is 56.7 Å². The van der Waals surface area contributed by atoms with E-state index < -0.39 is 5.60 Å². The van der Waals surface area contributed by atoms with E-state index in [-0.39, 0.29) is 0 Å². The highest BCUT2D eigenvalue weighted by Gasteiger charge is 2.31. The van der Waals surface area contributed by atoms with E-state index >= 15 is 0 Å². The molecule has 1 heterocycles. The van der Waals surface area contributed by atoms with Crippen LogP contribution in [0, 0.1) is 11.8 Å². The molecule has 1 atom stereocenters. The first kappa shape index (κ1) is 17.9. The van der Waals surface area contributed by atoms with Crippen LogP contribution in [0.3, 0.4) is 0 Å². The van der Waals surface area contributed by atoms with Gasteiger partial charge in [-0.25, -0.2) is 0 Å². The van der Waals surface area contributed by atoms with Crippen LogP contribution in [0.5, 0.6) is 0 Å². The Labute approximate surface area is 139 Å². The molecular formula is C17H33N3OS. The maximum Gasteiger partial charge on any atom is 0.191 e. The average Bonchev–Trinajstić information content (AvgIpc) is 2.93. The van der Waals surface area contributed by atoms with Gasteiger partial charge in [0.2, 0.25) is 0 Å². The lowest BCUT2D eigenvalue weighted by molar-refractivity contribution is 0.0778. The lowest BCUT2D eigenvalue weighted by atomic mass is 9.80. The van der Waals surface area contributed by atoms with Crippen molar-refractivity contribution >= 4 is 17.7 Å². The van der Waals surface area contributed by atoms with Gasteiger partial charge in [-0.15, -0.1) is 0 Å². The molecule has 1 aliphatic carbocycles. The third kappa shape index (κ3) is 5.34. The van der Waals surface area contributed by atoms with Crippen LogP contribution in [0.25, 0.3) is 0 Å². The summed E-state index contributed by atoms with van der Waals surface area (Å²) in [5.41, 5.74) is -0.595. The molecule has 0 amide bonds. The fourth-order valence-corrected chi connectivity index (χ4v) is 4.68. The van der Waals surface area contributed by atoms with E-state index in [4.69, 9.17) is 0 Å². The quantitative estimate of drug-likeness (QED) is 0.537. The predicted octanol–water partition coefficient (Wildman–Crippen LogP) is 2.62. The van der Waals surface area contributed by atoms with Gasteiger partial charge < -0.3 is 15.7 Å². The molecule has 128 valence electrons. The van der Waals surface area contributed by atoms with Crippen molar-refractivity contribution in [1.82, 2.24) is 10.6 Å². The van der Waals surface area contributed by atoms with E-state index in [1.165, 1.54) is 25.7 Å². The second kappa shape index (κ2) is 8.44. The molecule has 0 aromatic carbocycles. The highest BCUT2D eigenvalue weighted by molar-refractivity contribution is 7.99. The lowest BCUT2D eigenvalue weighted by Gasteiger charge is -2.32. The van der Waals surface area contributed by atoms with Gasteiger partial charge in [-0.2, -0.15) is 11.8 Å². The van der Waals surface area contributed by atoms with Crippen LogP contribution >= 0.6 is 11.8 Å². The smallest absolute Gasteiger partial charge is 0.191 e. The summed E-state index contributed by atoms with van der Waals surface area (Å²) in [5.74, 6) is 4.43. The Kier molecular flexibility index (Phi) is 6.87. The monoisotopic (exact) mass is 327 g/mol. The van der Waals surface area contributed by atoms with Gasteiger partial charge in [-0.3, -0.25) is 4.99 Å². The van der Waals surface area contributed by atoms with Crippen LogP contribution in [0.2, 0.25) is 0 Å². The first-order valence-electron chi connectivity index (χ1n) is 8.87. The maximum atomic E-state index is 10.4. The van der Waals surface area contributed by atoms with Gasteiger partial charge in [0.15, 0.2) is 5.96 Å². The van der Waals surface area contributed by atoms with Crippen molar-refractivity contribution in [1.29, 1.82) is 0 Å². The number of nitrogens with one attached hydrogen (secondary N) is 2. The summed E-state index contributed by atoms with van der Waals surface area (Å²) in [5, 5.41) is 17.3. The number of nitrogens with zero attached hydrogens (tertiary/aromatic N) is 1. The van der Waals surface area contributed by atoms with Crippen LogP contribution < -0.4 is 10.6 Å². The lowest BCUT2D eigenvalue weighted by Crippen LogP contribution is -2.46. The van der Waals surface area contributed by atoms with Crippen molar-refractivity contribution in [2.45, 2.75) is 64.5 Å².